The molecule has 0 unspecified atom stereocenters. The maximum Gasteiger partial charge on any atom is 0.240 e. The van der Waals surface area contributed by atoms with E-state index in [1.807, 2.05) is 0 Å². The highest BCUT2D eigenvalue weighted by Crippen LogP contribution is 2.15. The van der Waals surface area contributed by atoms with E-state index < -0.39 is 10.0 Å². The Hall–Kier alpha value is 0.110. The van der Waals surface area contributed by atoms with Crippen molar-refractivity contribution < 1.29 is 8.42 Å². The van der Waals surface area contributed by atoms with Crippen molar-refractivity contribution in [3.8, 4) is 0 Å². The molecule has 2 N–H and O–H groups in total. The number of rotatable bonds is 5. The van der Waals surface area contributed by atoms with Crippen molar-refractivity contribution in [3.05, 3.63) is 28.7 Å². The molecule has 21 heavy (non-hydrogen) atoms. The molecule has 5 nitrogen and oxygen atoms in total. The van der Waals surface area contributed by atoms with Crippen LogP contribution in [0.2, 0.25) is 0 Å². The number of halogens is 3. The zero-order chi connectivity index (χ0) is 13.7. The lowest BCUT2D eigenvalue weighted by Gasteiger charge is -2.27. The lowest BCUT2D eigenvalue weighted by Crippen LogP contribution is -2.46. The molecule has 122 valence electrons. The Morgan fingerprint density at radius 2 is 1.90 bits per heavy atom. The molecule has 0 aromatic heterocycles. The summed E-state index contributed by atoms with van der Waals surface area (Å²) in [5.41, 5.74) is 0. The van der Waals surface area contributed by atoms with Crippen molar-refractivity contribution in [2.45, 2.75) is 4.90 Å². The number of nitrogens with zero attached hydrogens (tertiary/aromatic N) is 1. The standard InChI is InChI=1S/C12H18BrN3O2S.2ClH/c13-11-2-1-3-12(10-11)19(17,18)15-6-9-16-7-4-14-5-8-16;;/h1-3,10,14-15H,4-9H2;2*1H. The molecule has 0 aliphatic carbocycles. The van der Waals surface area contributed by atoms with Crippen molar-refractivity contribution in [3.63, 3.8) is 0 Å². The number of benzene rings is 1. The predicted octanol–water partition coefficient (Wildman–Crippen LogP) is 1.48. The number of nitrogens with one attached hydrogen (secondary N) is 2. The van der Waals surface area contributed by atoms with Gasteiger partial charge in [0.25, 0.3) is 0 Å². The van der Waals surface area contributed by atoms with E-state index in [2.05, 4.69) is 30.9 Å². The van der Waals surface area contributed by atoms with E-state index in [-0.39, 0.29) is 24.8 Å². The summed E-state index contributed by atoms with van der Waals surface area (Å²) in [7, 11) is -3.41. The highest BCUT2D eigenvalue weighted by atomic mass is 79.9. The monoisotopic (exact) mass is 419 g/mol. The molecule has 0 amide bonds. The van der Waals surface area contributed by atoms with Gasteiger partial charge in [0.2, 0.25) is 10.0 Å². The molecular weight excluding hydrogens is 401 g/mol. The van der Waals surface area contributed by atoms with E-state index in [1.165, 1.54) is 0 Å². The third-order valence-corrected chi connectivity index (χ3v) is 4.99. The van der Waals surface area contributed by atoms with Gasteiger partial charge in [-0.15, -0.1) is 24.8 Å². The van der Waals surface area contributed by atoms with Crippen LogP contribution in [0.5, 0.6) is 0 Å². The quantitative estimate of drug-likeness (QED) is 0.757. The molecule has 1 saturated heterocycles. The summed E-state index contributed by atoms with van der Waals surface area (Å²) in [5.74, 6) is 0. The van der Waals surface area contributed by atoms with Gasteiger partial charge in [0.05, 0.1) is 4.90 Å². The fraction of sp³-hybridized carbons (Fsp3) is 0.500. The maximum atomic E-state index is 12.1. The number of hydrogen-bond acceptors (Lipinski definition) is 4. The summed E-state index contributed by atoms with van der Waals surface area (Å²) in [5, 5.41) is 3.27. The molecular formula is C12H20BrCl2N3O2S. The van der Waals surface area contributed by atoms with Crippen molar-refractivity contribution in [1.29, 1.82) is 0 Å². The highest BCUT2D eigenvalue weighted by Gasteiger charge is 2.15. The predicted molar refractivity (Wildman–Crippen MR) is 93.1 cm³/mol. The van der Waals surface area contributed by atoms with Crippen molar-refractivity contribution in [2.75, 3.05) is 39.3 Å². The summed E-state index contributed by atoms with van der Waals surface area (Å²) in [4.78, 5) is 2.54. The second-order valence-electron chi connectivity index (χ2n) is 4.45. The maximum absolute atomic E-state index is 12.1. The Bertz CT molecular complexity index is 525. The van der Waals surface area contributed by atoms with E-state index in [0.29, 0.717) is 11.4 Å². The van der Waals surface area contributed by atoms with E-state index in [9.17, 15) is 8.42 Å². The van der Waals surface area contributed by atoms with Crippen molar-refractivity contribution in [2.24, 2.45) is 0 Å². The molecule has 0 bridgehead atoms. The van der Waals surface area contributed by atoms with Gasteiger partial charge in [-0.2, -0.15) is 0 Å². The molecule has 1 aliphatic heterocycles. The molecule has 1 aromatic rings. The average Bonchev–Trinajstić information content (AvgIpc) is 2.40. The number of hydrogen-bond donors (Lipinski definition) is 2. The minimum Gasteiger partial charge on any atom is -0.314 e. The van der Waals surface area contributed by atoms with Crippen LogP contribution in [0.4, 0.5) is 0 Å². The summed E-state index contributed by atoms with van der Waals surface area (Å²) in [6, 6.07) is 6.72. The first kappa shape index (κ1) is 21.1. The smallest absolute Gasteiger partial charge is 0.240 e. The lowest BCUT2D eigenvalue weighted by molar-refractivity contribution is 0.245. The zero-order valence-corrected chi connectivity index (χ0v) is 15.5. The SMILES string of the molecule is Cl.Cl.O=S(=O)(NCCN1CCNCC1)c1cccc(Br)c1. The topological polar surface area (TPSA) is 61.4 Å². The first-order valence-electron chi connectivity index (χ1n) is 6.26. The van der Waals surface area contributed by atoms with Crippen LogP contribution < -0.4 is 10.0 Å². The second-order valence-corrected chi connectivity index (χ2v) is 7.13. The third kappa shape index (κ3) is 6.81. The molecule has 9 heteroatoms. The van der Waals surface area contributed by atoms with Gasteiger partial charge in [0, 0.05) is 43.7 Å². The molecule has 1 heterocycles. The fourth-order valence-corrected chi connectivity index (χ4v) is 3.61. The normalized spacial score (nSPS) is 15.9. The number of piperazine rings is 1. The van der Waals surface area contributed by atoms with E-state index in [0.717, 1.165) is 37.2 Å². The van der Waals surface area contributed by atoms with Gasteiger partial charge in [0.1, 0.15) is 0 Å². The molecule has 0 saturated carbocycles. The van der Waals surface area contributed by atoms with Gasteiger partial charge in [0.15, 0.2) is 0 Å². The van der Waals surface area contributed by atoms with Crippen molar-refractivity contribution >= 4 is 50.8 Å². The molecule has 0 spiro atoms. The minimum absolute atomic E-state index is 0. The van der Waals surface area contributed by atoms with Gasteiger partial charge in [-0.25, -0.2) is 13.1 Å². The van der Waals surface area contributed by atoms with Gasteiger partial charge in [-0.3, -0.25) is 4.90 Å². The van der Waals surface area contributed by atoms with Gasteiger partial charge >= 0.3 is 0 Å². The molecule has 0 radical (unpaired) electrons. The van der Waals surface area contributed by atoms with Gasteiger partial charge in [-0.1, -0.05) is 22.0 Å². The third-order valence-electron chi connectivity index (χ3n) is 3.04. The zero-order valence-electron chi connectivity index (χ0n) is 11.4. The molecule has 0 atom stereocenters. The summed E-state index contributed by atoms with van der Waals surface area (Å²) >= 11 is 3.28. The van der Waals surface area contributed by atoms with E-state index >= 15 is 0 Å². The van der Waals surface area contributed by atoms with Gasteiger partial charge in [-0.05, 0) is 18.2 Å². The number of sulfonamides is 1. The van der Waals surface area contributed by atoms with E-state index in [1.54, 1.807) is 24.3 Å². The Kier molecular flexibility index (Phi) is 10.0. The Morgan fingerprint density at radius 3 is 2.52 bits per heavy atom. The van der Waals surface area contributed by atoms with Crippen LogP contribution in [0.3, 0.4) is 0 Å². The van der Waals surface area contributed by atoms with Gasteiger partial charge < -0.3 is 5.32 Å². The van der Waals surface area contributed by atoms with Crippen LogP contribution in [-0.4, -0.2) is 52.6 Å². The van der Waals surface area contributed by atoms with Crippen LogP contribution in [0.15, 0.2) is 33.6 Å². The molecule has 1 aromatic carbocycles. The fourth-order valence-electron chi connectivity index (χ4n) is 1.99. The largest absolute Gasteiger partial charge is 0.314 e. The van der Waals surface area contributed by atoms with Crippen LogP contribution in [0.1, 0.15) is 0 Å². The van der Waals surface area contributed by atoms with Crippen LogP contribution >= 0.6 is 40.7 Å². The first-order chi connectivity index (χ1) is 9.08. The summed E-state index contributed by atoms with van der Waals surface area (Å²) in [6.07, 6.45) is 0. The molecule has 1 fully saturated rings. The second kappa shape index (κ2) is 9.99. The molecule has 1 aliphatic rings. The minimum atomic E-state index is -3.41. The Balaban J connectivity index is 0.00000200. The Labute approximate surface area is 146 Å². The van der Waals surface area contributed by atoms with E-state index in [4.69, 9.17) is 0 Å². The summed E-state index contributed by atoms with van der Waals surface area (Å²) < 4.78 is 27.5. The van der Waals surface area contributed by atoms with Crippen LogP contribution in [0, 0.1) is 0 Å². The van der Waals surface area contributed by atoms with Crippen molar-refractivity contribution in [1.82, 2.24) is 14.9 Å². The average molecular weight is 421 g/mol. The Morgan fingerprint density at radius 1 is 1.24 bits per heavy atom. The van der Waals surface area contributed by atoms with Crippen LogP contribution in [-0.2, 0) is 10.0 Å². The molecule has 2 rings (SSSR count). The lowest BCUT2D eigenvalue weighted by atomic mass is 10.3. The first-order valence-corrected chi connectivity index (χ1v) is 8.54. The highest BCUT2D eigenvalue weighted by molar-refractivity contribution is 9.10. The van der Waals surface area contributed by atoms with Crippen LogP contribution in [0.25, 0.3) is 0 Å². The summed E-state index contributed by atoms with van der Waals surface area (Å²) in [6.45, 7) is 5.07.